The number of hydrogen-bond donors (Lipinski definition) is 0. The molecule has 16 heavy (non-hydrogen) atoms. The predicted octanol–water partition coefficient (Wildman–Crippen LogP) is 1.38. The van der Waals surface area contributed by atoms with Crippen molar-refractivity contribution in [1.82, 2.24) is 9.88 Å². The second-order valence-corrected chi connectivity index (χ2v) is 3.61. The summed E-state index contributed by atoms with van der Waals surface area (Å²) in [6.07, 6.45) is 0. The first kappa shape index (κ1) is 12.6. The minimum atomic E-state index is -0.00620. The third-order valence-electron chi connectivity index (χ3n) is 2.30. The van der Waals surface area contributed by atoms with Crippen LogP contribution in [0.3, 0.4) is 0 Å². The molecule has 0 radical (unpaired) electrons. The topological polar surface area (TPSA) is 42.4 Å². The number of carbonyl (C=O) groups excluding carboxylic acids is 1. The average Bonchev–Trinajstić information content (AvgIpc) is 2.26. The Hall–Kier alpha value is -1.42. The monoisotopic (exact) mass is 222 g/mol. The minimum absolute atomic E-state index is 0.00620. The van der Waals surface area contributed by atoms with Crippen molar-refractivity contribution in [2.45, 2.75) is 20.4 Å². The van der Waals surface area contributed by atoms with Crippen molar-refractivity contribution in [3.63, 3.8) is 0 Å². The summed E-state index contributed by atoms with van der Waals surface area (Å²) in [4.78, 5) is 17.7. The standard InChI is InChI=1S/C12H18N2O2/c1-4-14(12(15)9-16-3)8-11-7-5-6-10(2)13-11/h5-7H,4,8-9H2,1-3H3. The quantitative estimate of drug-likeness (QED) is 0.756. The van der Waals surface area contributed by atoms with Gasteiger partial charge in [-0.1, -0.05) is 6.07 Å². The van der Waals surface area contributed by atoms with Gasteiger partial charge >= 0.3 is 0 Å². The highest BCUT2D eigenvalue weighted by Gasteiger charge is 2.11. The van der Waals surface area contributed by atoms with Gasteiger partial charge in [-0.15, -0.1) is 0 Å². The summed E-state index contributed by atoms with van der Waals surface area (Å²) in [5.41, 5.74) is 1.87. The Balaban J connectivity index is 2.66. The number of pyridine rings is 1. The fourth-order valence-corrected chi connectivity index (χ4v) is 1.47. The van der Waals surface area contributed by atoms with E-state index in [-0.39, 0.29) is 12.5 Å². The molecule has 1 aromatic rings. The van der Waals surface area contributed by atoms with Crippen LogP contribution in [-0.4, -0.2) is 36.1 Å². The van der Waals surface area contributed by atoms with E-state index >= 15 is 0 Å². The van der Waals surface area contributed by atoms with Crippen LogP contribution in [0.4, 0.5) is 0 Å². The molecule has 0 atom stereocenters. The van der Waals surface area contributed by atoms with Crippen molar-refractivity contribution in [3.05, 3.63) is 29.6 Å². The Bertz CT molecular complexity index is 353. The highest BCUT2D eigenvalue weighted by atomic mass is 16.5. The average molecular weight is 222 g/mol. The summed E-state index contributed by atoms with van der Waals surface area (Å²) in [5, 5.41) is 0. The fourth-order valence-electron chi connectivity index (χ4n) is 1.47. The molecule has 0 aliphatic heterocycles. The first-order valence-corrected chi connectivity index (χ1v) is 5.36. The van der Waals surface area contributed by atoms with E-state index in [0.29, 0.717) is 13.1 Å². The minimum Gasteiger partial charge on any atom is -0.375 e. The smallest absolute Gasteiger partial charge is 0.248 e. The number of nitrogens with zero attached hydrogens (tertiary/aromatic N) is 2. The van der Waals surface area contributed by atoms with Crippen molar-refractivity contribution in [3.8, 4) is 0 Å². The zero-order valence-corrected chi connectivity index (χ0v) is 10.1. The maximum absolute atomic E-state index is 11.6. The number of amides is 1. The molecule has 0 bridgehead atoms. The van der Waals surface area contributed by atoms with Crippen molar-refractivity contribution in [1.29, 1.82) is 0 Å². The van der Waals surface area contributed by atoms with E-state index in [9.17, 15) is 4.79 Å². The Labute approximate surface area is 96.2 Å². The molecule has 0 spiro atoms. The number of methoxy groups -OCH3 is 1. The van der Waals surface area contributed by atoms with Crippen LogP contribution in [-0.2, 0) is 16.1 Å². The van der Waals surface area contributed by atoms with Crippen LogP contribution >= 0.6 is 0 Å². The summed E-state index contributed by atoms with van der Waals surface area (Å²) in [6, 6.07) is 5.82. The first-order valence-electron chi connectivity index (χ1n) is 5.36. The molecule has 0 aliphatic rings. The number of aromatic nitrogens is 1. The van der Waals surface area contributed by atoms with Crippen molar-refractivity contribution in [2.75, 3.05) is 20.3 Å². The highest BCUT2D eigenvalue weighted by molar-refractivity contribution is 5.77. The molecule has 0 aliphatic carbocycles. The molecule has 0 aromatic carbocycles. The summed E-state index contributed by atoms with van der Waals surface area (Å²) in [7, 11) is 1.52. The van der Waals surface area contributed by atoms with Gasteiger partial charge in [0.05, 0.1) is 12.2 Å². The maximum Gasteiger partial charge on any atom is 0.248 e. The van der Waals surface area contributed by atoms with Gasteiger partial charge < -0.3 is 9.64 Å². The Morgan fingerprint density at radius 1 is 1.50 bits per heavy atom. The summed E-state index contributed by atoms with van der Waals surface area (Å²) >= 11 is 0. The van der Waals surface area contributed by atoms with Gasteiger partial charge in [0, 0.05) is 19.3 Å². The number of rotatable bonds is 5. The van der Waals surface area contributed by atoms with E-state index in [2.05, 4.69) is 4.98 Å². The molecular weight excluding hydrogens is 204 g/mol. The lowest BCUT2D eigenvalue weighted by Crippen LogP contribution is -2.33. The second-order valence-electron chi connectivity index (χ2n) is 3.61. The van der Waals surface area contributed by atoms with E-state index in [4.69, 9.17) is 4.74 Å². The van der Waals surface area contributed by atoms with Crippen LogP contribution in [0.15, 0.2) is 18.2 Å². The molecule has 0 saturated carbocycles. The molecule has 1 amide bonds. The van der Waals surface area contributed by atoms with Crippen LogP contribution < -0.4 is 0 Å². The Kier molecular flexibility index (Phi) is 4.92. The van der Waals surface area contributed by atoms with E-state index in [1.165, 1.54) is 7.11 Å². The lowest BCUT2D eigenvalue weighted by molar-refractivity contribution is -0.135. The zero-order valence-electron chi connectivity index (χ0n) is 10.1. The van der Waals surface area contributed by atoms with Gasteiger partial charge in [-0.25, -0.2) is 0 Å². The highest BCUT2D eigenvalue weighted by Crippen LogP contribution is 2.03. The fraction of sp³-hybridized carbons (Fsp3) is 0.500. The Morgan fingerprint density at radius 2 is 2.25 bits per heavy atom. The van der Waals surface area contributed by atoms with Crippen LogP contribution in [0.25, 0.3) is 0 Å². The second kappa shape index (κ2) is 6.23. The first-order chi connectivity index (χ1) is 7.67. The van der Waals surface area contributed by atoms with Gasteiger partial charge in [0.15, 0.2) is 0 Å². The van der Waals surface area contributed by atoms with Crippen LogP contribution in [0.2, 0.25) is 0 Å². The van der Waals surface area contributed by atoms with Gasteiger partial charge in [0.1, 0.15) is 6.61 Å². The van der Waals surface area contributed by atoms with E-state index in [1.807, 2.05) is 32.0 Å². The predicted molar refractivity (Wildman–Crippen MR) is 61.9 cm³/mol. The van der Waals surface area contributed by atoms with Gasteiger partial charge in [-0.05, 0) is 26.0 Å². The molecular formula is C12H18N2O2. The summed E-state index contributed by atoms with van der Waals surface area (Å²) < 4.78 is 4.84. The van der Waals surface area contributed by atoms with E-state index in [0.717, 1.165) is 11.4 Å². The number of ether oxygens (including phenoxy) is 1. The molecule has 0 unspecified atom stereocenters. The third-order valence-corrected chi connectivity index (χ3v) is 2.30. The van der Waals surface area contributed by atoms with Gasteiger partial charge in [0.25, 0.3) is 0 Å². The molecule has 1 aromatic heterocycles. The SMILES string of the molecule is CCN(Cc1cccc(C)n1)C(=O)COC. The molecule has 0 saturated heterocycles. The molecule has 0 fully saturated rings. The number of likely N-dealkylation sites (N-methyl/N-ethyl adjacent to an activating group) is 1. The van der Waals surface area contributed by atoms with Crippen molar-refractivity contribution < 1.29 is 9.53 Å². The van der Waals surface area contributed by atoms with Crippen molar-refractivity contribution >= 4 is 5.91 Å². The van der Waals surface area contributed by atoms with E-state index in [1.54, 1.807) is 4.90 Å². The molecule has 1 heterocycles. The maximum atomic E-state index is 11.6. The van der Waals surface area contributed by atoms with E-state index < -0.39 is 0 Å². The van der Waals surface area contributed by atoms with Gasteiger partial charge in [0.2, 0.25) is 5.91 Å². The van der Waals surface area contributed by atoms with Crippen LogP contribution in [0, 0.1) is 6.92 Å². The lowest BCUT2D eigenvalue weighted by atomic mass is 10.3. The molecule has 88 valence electrons. The van der Waals surface area contributed by atoms with Gasteiger partial charge in [-0.2, -0.15) is 0 Å². The van der Waals surface area contributed by atoms with Crippen molar-refractivity contribution in [2.24, 2.45) is 0 Å². The largest absolute Gasteiger partial charge is 0.375 e. The third kappa shape index (κ3) is 3.62. The lowest BCUT2D eigenvalue weighted by Gasteiger charge is -2.20. The van der Waals surface area contributed by atoms with Gasteiger partial charge in [-0.3, -0.25) is 9.78 Å². The molecule has 0 N–H and O–H groups in total. The Morgan fingerprint density at radius 3 is 2.81 bits per heavy atom. The molecule has 4 nitrogen and oxygen atoms in total. The molecule has 1 rings (SSSR count). The normalized spacial score (nSPS) is 10.2. The molecule has 4 heteroatoms. The summed E-state index contributed by atoms with van der Waals surface area (Å²) in [5.74, 6) is -0.00620. The van der Waals surface area contributed by atoms with Crippen LogP contribution in [0.1, 0.15) is 18.3 Å². The number of hydrogen-bond acceptors (Lipinski definition) is 3. The van der Waals surface area contributed by atoms with Crippen LogP contribution in [0.5, 0.6) is 0 Å². The number of carbonyl (C=O) groups is 1. The summed E-state index contributed by atoms with van der Waals surface area (Å²) in [6.45, 7) is 5.22. The number of aryl methyl sites for hydroxylation is 1. The zero-order chi connectivity index (χ0) is 12.0.